The van der Waals surface area contributed by atoms with Gasteiger partial charge in [0.15, 0.2) is 0 Å². The number of rotatable bonds is 6. The van der Waals surface area contributed by atoms with E-state index in [0.717, 1.165) is 24.9 Å². The largest absolute Gasteiger partial charge is 0.324 e. The molecule has 1 aliphatic carbocycles. The molecule has 0 saturated heterocycles. The van der Waals surface area contributed by atoms with Gasteiger partial charge in [-0.05, 0) is 32.1 Å². The molecule has 1 aliphatic rings. The third-order valence-electron chi connectivity index (χ3n) is 3.03. The fourth-order valence-electron chi connectivity index (χ4n) is 1.83. The second-order valence-corrected chi connectivity index (χ2v) is 5.56. The minimum atomic E-state index is -0.00250. The molecule has 2 N–H and O–H groups in total. The zero-order valence-corrected chi connectivity index (χ0v) is 10.2. The Morgan fingerprint density at radius 3 is 2.36 bits per heavy atom. The first-order chi connectivity index (χ1) is 6.44. The third-order valence-corrected chi connectivity index (χ3v) is 3.03. The summed E-state index contributed by atoms with van der Waals surface area (Å²) < 4.78 is 0. The molecule has 1 unspecified atom stereocenters. The van der Waals surface area contributed by atoms with Gasteiger partial charge in [-0.2, -0.15) is 0 Å². The van der Waals surface area contributed by atoms with E-state index in [4.69, 9.17) is 5.73 Å². The minimum absolute atomic E-state index is 0.00250. The van der Waals surface area contributed by atoms with Crippen molar-refractivity contribution in [2.24, 2.45) is 11.7 Å². The van der Waals surface area contributed by atoms with Crippen molar-refractivity contribution in [2.45, 2.75) is 58.5 Å². The van der Waals surface area contributed by atoms with Crippen molar-refractivity contribution in [3.8, 4) is 0 Å². The molecular formula is C12H26N2. The quantitative estimate of drug-likeness (QED) is 0.709. The predicted octanol–water partition coefficient (Wildman–Crippen LogP) is 2.23. The van der Waals surface area contributed by atoms with E-state index >= 15 is 0 Å². The van der Waals surface area contributed by atoms with Crippen LogP contribution in [0.15, 0.2) is 0 Å². The van der Waals surface area contributed by atoms with Crippen LogP contribution in [0.5, 0.6) is 0 Å². The van der Waals surface area contributed by atoms with Gasteiger partial charge in [-0.1, -0.05) is 20.8 Å². The molecule has 14 heavy (non-hydrogen) atoms. The topological polar surface area (TPSA) is 29.3 Å². The number of hydrogen-bond donors (Lipinski definition) is 1. The summed E-state index contributed by atoms with van der Waals surface area (Å²) in [5, 5.41) is 0. The van der Waals surface area contributed by atoms with Gasteiger partial charge in [0.1, 0.15) is 0 Å². The first-order valence-corrected chi connectivity index (χ1v) is 5.97. The Bertz CT molecular complexity index is 171. The predicted molar refractivity (Wildman–Crippen MR) is 62.3 cm³/mol. The molecule has 0 heterocycles. The molecule has 2 nitrogen and oxygen atoms in total. The van der Waals surface area contributed by atoms with Gasteiger partial charge in [-0.25, -0.2) is 0 Å². The molecule has 1 rings (SSSR count). The van der Waals surface area contributed by atoms with E-state index in [-0.39, 0.29) is 5.54 Å². The van der Waals surface area contributed by atoms with Gasteiger partial charge in [0.25, 0.3) is 0 Å². The highest BCUT2D eigenvalue weighted by atomic mass is 15.2. The lowest BCUT2D eigenvalue weighted by Gasteiger charge is -2.33. The maximum atomic E-state index is 6.22. The van der Waals surface area contributed by atoms with Crippen LogP contribution in [-0.2, 0) is 0 Å². The second kappa shape index (κ2) is 4.63. The SMILES string of the molecule is CCC(C)(N)CN(CC(C)C)C1CC1. The summed E-state index contributed by atoms with van der Waals surface area (Å²) >= 11 is 0. The Hall–Kier alpha value is -0.0800. The van der Waals surface area contributed by atoms with Crippen molar-refractivity contribution in [1.29, 1.82) is 0 Å². The van der Waals surface area contributed by atoms with Gasteiger partial charge in [0.2, 0.25) is 0 Å². The van der Waals surface area contributed by atoms with Crippen LogP contribution in [0.25, 0.3) is 0 Å². The summed E-state index contributed by atoms with van der Waals surface area (Å²) in [5.74, 6) is 0.753. The van der Waals surface area contributed by atoms with Gasteiger partial charge < -0.3 is 5.73 Å². The number of nitrogens with zero attached hydrogens (tertiary/aromatic N) is 1. The Kier molecular flexibility index (Phi) is 3.96. The molecule has 0 aliphatic heterocycles. The van der Waals surface area contributed by atoms with E-state index in [2.05, 4.69) is 32.6 Å². The molecule has 0 aromatic rings. The molecule has 84 valence electrons. The van der Waals surface area contributed by atoms with Crippen molar-refractivity contribution in [1.82, 2.24) is 4.90 Å². The highest BCUT2D eigenvalue weighted by Crippen LogP contribution is 2.28. The summed E-state index contributed by atoms with van der Waals surface area (Å²) in [5.41, 5.74) is 6.21. The Morgan fingerprint density at radius 1 is 1.43 bits per heavy atom. The first kappa shape index (κ1) is 12.0. The van der Waals surface area contributed by atoms with Crippen LogP contribution in [0.3, 0.4) is 0 Å². The number of hydrogen-bond acceptors (Lipinski definition) is 2. The van der Waals surface area contributed by atoms with E-state index in [0.29, 0.717) is 0 Å². The first-order valence-electron chi connectivity index (χ1n) is 5.97. The highest BCUT2D eigenvalue weighted by molar-refractivity contribution is 4.90. The molecule has 0 bridgehead atoms. The van der Waals surface area contributed by atoms with Crippen molar-refractivity contribution in [3.63, 3.8) is 0 Å². The van der Waals surface area contributed by atoms with Gasteiger partial charge in [0.05, 0.1) is 0 Å². The van der Waals surface area contributed by atoms with Gasteiger partial charge in [-0.3, -0.25) is 4.90 Å². The number of nitrogens with two attached hydrogens (primary N) is 1. The fourth-order valence-corrected chi connectivity index (χ4v) is 1.83. The molecule has 1 atom stereocenters. The lowest BCUT2D eigenvalue weighted by atomic mass is 9.99. The molecular weight excluding hydrogens is 172 g/mol. The fraction of sp³-hybridized carbons (Fsp3) is 1.00. The van der Waals surface area contributed by atoms with Crippen LogP contribution in [0.4, 0.5) is 0 Å². The van der Waals surface area contributed by atoms with Crippen molar-refractivity contribution in [3.05, 3.63) is 0 Å². The molecule has 1 saturated carbocycles. The zero-order chi connectivity index (χ0) is 10.8. The normalized spacial score (nSPS) is 21.6. The van der Waals surface area contributed by atoms with Crippen LogP contribution < -0.4 is 5.73 Å². The molecule has 2 heteroatoms. The van der Waals surface area contributed by atoms with Crippen LogP contribution in [0.2, 0.25) is 0 Å². The van der Waals surface area contributed by atoms with Crippen LogP contribution in [0, 0.1) is 5.92 Å². The second-order valence-electron chi connectivity index (χ2n) is 5.56. The lowest BCUT2D eigenvalue weighted by molar-refractivity contribution is 0.185. The van der Waals surface area contributed by atoms with E-state index in [9.17, 15) is 0 Å². The zero-order valence-electron chi connectivity index (χ0n) is 10.2. The summed E-state index contributed by atoms with van der Waals surface area (Å²) in [6, 6.07) is 0.840. The summed E-state index contributed by atoms with van der Waals surface area (Å²) in [6.45, 7) is 11.2. The van der Waals surface area contributed by atoms with E-state index in [1.807, 2.05) is 0 Å². The molecule has 0 radical (unpaired) electrons. The Morgan fingerprint density at radius 2 is 2.00 bits per heavy atom. The van der Waals surface area contributed by atoms with Gasteiger partial charge in [0, 0.05) is 24.7 Å². The van der Waals surface area contributed by atoms with Crippen LogP contribution in [-0.4, -0.2) is 29.6 Å². The van der Waals surface area contributed by atoms with Crippen LogP contribution >= 0.6 is 0 Å². The Balaban J connectivity index is 2.42. The molecule has 0 aromatic carbocycles. The minimum Gasteiger partial charge on any atom is -0.324 e. The molecule has 0 amide bonds. The maximum Gasteiger partial charge on any atom is 0.0252 e. The molecule has 1 fully saturated rings. The van der Waals surface area contributed by atoms with Crippen molar-refractivity contribution in [2.75, 3.05) is 13.1 Å². The van der Waals surface area contributed by atoms with Gasteiger partial charge in [-0.15, -0.1) is 0 Å². The average molecular weight is 198 g/mol. The van der Waals surface area contributed by atoms with E-state index < -0.39 is 0 Å². The van der Waals surface area contributed by atoms with E-state index in [1.165, 1.54) is 19.4 Å². The third kappa shape index (κ3) is 3.97. The average Bonchev–Trinajstić information content (AvgIpc) is 2.84. The van der Waals surface area contributed by atoms with E-state index in [1.54, 1.807) is 0 Å². The molecule has 0 spiro atoms. The van der Waals surface area contributed by atoms with Crippen molar-refractivity contribution >= 4 is 0 Å². The lowest BCUT2D eigenvalue weighted by Crippen LogP contribution is -2.49. The monoisotopic (exact) mass is 198 g/mol. The smallest absolute Gasteiger partial charge is 0.0252 e. The maximum absolute atomic E-state index is 6.22. The summed E-state index contributed by atoms with van der Waals surface area (Å²) in [7, 11) is 0. The van der Waals surface area contributed by atoms with Crippen molar-refractivity contribution < 1.29 is 0 Å². The highest BCUT2D eigenvalue weighted by Gasteiger charge is 2.32. The molecule has 0 aromatic heterocycles. The Labute approximate surface area is 88.8 Å². The summed E-state index contributed by atoms with van der Waals surface area (Å²) in [6.07, 6.45) is 3.83. The van der Waals surface area contributed by atoms with Crippen LogP contribution in [0.1, 0.15) is 47.0 Å². The van der Waals surface area contributed by atoms with Gasteiger partial charge >= 0.3 is 0 Å². The standard InChI is InChI=1S/C12H26N2/c1-5-12(4,13)9-14(8-10(2)3)11-6-7-11/h10-11H,5-9,13H2,1-4H3. The summed E-state index contributed by atoms with van der Waals surface area (Å²) in [4.78, 5) is 2.59.